The van der Waals surface area contributed by atoms with Crippen molar-refractivity contribution >= 4 is 17.3 Å². The van der Waals surface area contributed by atoms with Crippen LogP contribution in [0.4, 0.5) is 0 Å². The number of ether oxygens (including phenoxy) is 1. The molecule has 4 nitrogen and oxygen atoms in total. The van der Waals surface area contributed by atoms with Gasteiger partial charge in [0.05, 0.1) is 11.3 Å². The van der Waals surface area contributed by atoms with Crippen molar-refractivity contribution in [3.05, 3.63) is 40.2 Å². The van der Waals surface area contributed by atoms with Gasteiger partial charge in [0.1, 0.15) is 11.1 Å². The lowest BCUT2D eigenvalue weighted by Gasteiger charge is -2.11. The largest absolute Gasteiger partial charge is 0.478 e. The molecule has 1 unspecified atom stereocenters. The van der Waals surface area contributed by atoms with Crippen molar-refractivity contribution in [3.8, 4) is 11.3 Å². The summed E-state index contributed by atoms with van der Waals surface area (Å²) in [6, 6.07) is 6.75. The third-order valence-electron chi connectivity index (χ3n) is 2.96. The molecule has 5 heteroatoms. The zero-order chi connectivity index (χ0) is 14.5. The van der Waals surface area contributed by atoms with Crippen LogP contribution in [0.15, 0.2) is 29.6 Å². The number of carboxylic acid groups (broad SMARTS) is 1. The summed E-state index contributed by atoms with van der Waals surface area (Å²) in [5.74, 6) is -0.919. The van der Waals surface area contributed by atoms with Gasteiger partial charge in [-0.05, 0) is 25.5 Å². The fourth-order valence-corrected chi connectivity index (χ4v) is 2.88. The number of thiazole rings is 1. The molecule has 1 N–H and O–H groups in total. The molecule has 106 valence electrons. The minimum Gasteiger partial charge on any atom is -0.478 e. The first kappa shape index (κ1) is 14.7. The molecule has 1 atom stereocenters. The Hall–Kier alpha value is -1.72. The Kier molecular flexibility index (Phi) is 4.87. The van der Waals surface area contributed by atoms with E-state index < -0.39 is 5.97 Å². The number of aromatic nitrogens is 1. The molecule has 1 heterocycles. The molecule has 0 radical (unpaired) electrons. The number of carboxylic acids is 1. The van der Waals surface area contributed by atoms with Gasteiger partial charge < -0.3 is 9.84 Å². The zero-order valence-corrected chi connectivity index (χ0v) is 12.3. The maximum absolute atomic E-state index is 10.8. The van der Waals surface area contributed by atoms with E-state index in [1.54, 1.807) is 35.6 Å². The molecule has 0 bridgehead atoms. The van der Waals surface area contributed by atoms with Crippen molar-refractivity contribution in [3.63, 3.8) is 0 Å². The molecule has 0 amide bonds. The van der Waals surface area contributed by atoms with Gasteiger partial charge in [-0.25, -0.2) is 9.78 Å². The molecule has 2 aromatic rings. The summed E-state index contributed by atoms with van der Waals surface area (Å²) in [7, 11) is 0. The van der Waals surface area contributed by atoms with Crippen LogP contribution in [-0.4, -0.2) is 22.7 Å². The molecule has 0 spiro atoms. The topological polar surface area (TPSA) is 59.4 Å². The first-order chi connectivity index (χ1) is 9.65. The third kappa shape index (κ3) is 3.23. The molecular formula is C15H17NO3S. The van der Waals surface area contributed by atoms with Gasteiger partial charge in [-0.3, -0.25) is 0 Å². The maximum atomic E-state index is 10.8. The predicted molar refractivity (Wildman–Crippen MR) is 79.2 cm³/mol. The Balaban J connectivity index is 2.21. The summed E-state index contributed by atoms with van der Waals surface area (Å²) < 4.78 is 5.65. The Labute approximate surface area is 122 Å². The first-order valence-electron chi connectivity index (χ1n) is 6.56. The second-order valence-corrected chi connectivity index (χ2v) is 5.20. The van der Waals surface area contributed by atoms with E-state index in [2.05, 4.69) is 11.9 Å². The van der Waals surface area contributed by atoms with E-state index >= 15 is 0 Å². The van der Waals surface area contributed by atoms with Crippen LogP contribution in [0, 0.1) is 0 Å². The fourth-order valence-electron chi connectivity index (χ4n) is 1.92. The van der Waals surface area contributed by atoms with E-state index in [0.29, 0.717) is 6.61 Å². The van der Waals surface area contributed by atoms with Gasteiger partial charge in [-0.1, -0.05) is 19.1 Å². The highest BCUT2D eigenvalue weighted by molar-refractivity contribution is 7.10. The van der Waals surface area contributed by atoms with Crippen LogP contribution < -0.4 is 0 Å². The number of nitrogens with zero attached hydrogens (tertiary/aromatic N) is 1. The fraction of sp³-hybridized carbons (Fsp3) is 0.333. The predicted octanol–water partition coefficient (Wildman–Crippen LogP) is 4.00. The van der Waals surface area contributed by atoms with Crippen LogP contribution in [0.2, 0.25) is 0 Å². The third-order valence-corrected chi connectivity index (χ3v) is 3.90. The highest BCUT2D eigenvalue weighted by Gasteiger charge is 2.14. The normalized spacial score (nSPS) is 12.3. The minimum atomic E-state index is -0.919. The van der Waals surface area contributed by atoms with E-state index in [9.17, 15) is 4.79 Å². The van der Waals surface area contributed by atoms with Gasteiger partial charge >= 0.3 is 5.97 Å². The molecule has 20 heavy (non-hydrogen) atoms. The van der Waals surface area contributed by atoms with Crippen LogP contribution in [0.5, 0.6) is 0 Å². The van der Waals surface area contributed by atoms with E-state index in [0.717, 1.165) is 22.7 Å². The second-order valence-electron chi connectivity index (χ2n) is 4.31. The smallest absolute Gasteiger partial charge is 0.335 e. The molecule has 1 aromatic heterocycles. The molecule has 0 aliphatic rings. The molecule has 0 saturated heterocycles. The summed E-state index contributed by atoms with van der Waals surface area (Å²) in [5.41, 5.74) is 2.06. The average Bonchev–Trinajstić information content (AvgIpc) is 2.94. The van der Waals surface area contributed by atoms with E-state index in [-0.39, 0.29) is 11.7 Å². The molecule has 2 rings (SSSR count). The molecule has 0 saturated carbocycles. The zero-order valence-electron chi connectivity index (χ0n) is 11.5. The van der Waals surface area contributed by atoms with Gasteiger partial charge in [0, 0.05) is 17.6 Å². The van der Waals surface area contributed by atoms with Crippen LogP contribution >= 0.6 is 11.3 Å². The second kappa shape index (κ2) is 6.63. The van der Waals surface area contributed by atoms with Crippen LogP contribution in [0.1, 0.15) is 41.7 Å². The first-order valence-corrected chi connectivity index (χ1v) is 7.44. The van der Waals surface area contributed by atoms with E-state index in [4.69, 9.17) is 9.84 Å². The number of hydrogen-bond acceptors (Lipinski definition) is 4. The molecule has 0 aliphatic heterocycles. The lowest BCUT2D eigenvalue weighted by atomic mass is 10.1. The van der Waals surface area contributed by atoms with Crippen molar-refractivity contribution < 1.29 is 14.6 Å². The molecule has 0 aliphatic carbocycles. The van der Waals surface area contributed by atoms with Crippen molar-refractivity contribution in [1.82, 2.24) is 4.98 Å². The highest BCUT2D eigenvalue weighted by Crippen LogP contribution is 2.29. The quantitative estimate of drug-likeness (QED) is 0.874. The maximum Gasteiger partial charge on any atom is 0.335 e. The Bertz CT molecular complexity index is 577. The number of rotatable bonds is 6. The van der Waals surface area contributed by atoms with Gasteiger partial charge in [0.15, 0.2) is 0 Å². The van der Waals surface area contributed by atoms with Gasteiger partial charge in [-0.2, -0.15) is 0 Å². The van der Waals surface area contributed by atoms with Crippen molar-refractivity contribution in [1.29, 1.82) is 0 Å². The van der Waals surface area contributed by atoms with Crippen LogP contribution in [0.25, 0.3) is 11.3 Å². The van der Waals surface area contributed by atoms with Crippen molar-refractivity contribution in [2.75, 3.05) is 6.61 Å². The molecular weight excluding hydrogens is 274 g/mol. The number of carbonyl (C=O) groups is 1. The summed E-state index contributed by atoms with van der Waals surface area (Å²) in [5, 5.41) is 11.8. The monoisotopic (exact) mass is 291 g/mol. The Morgan fingerprint density at radius 3 is 2.60 bits per heavy atom. The summed E-state index contributed by atoms with van der Waals surface area (Å²) in [6.07, 6.45) is 0.927. The average molecular weight is 291 g/mol. The highest BCUT2D eigenvalue weighted by atomic mass is 32.1. The molecule has 1 aromatic carbocycles. The minimum absolute atomic E-state index is 0.0389. The van der Waals surface area contributed by atoms with Gasteiger partial charge in [0.2, 0.25) is 0 Å². The number of aromatic carboxylic acids is 1. The summed E-state index contributed by atoms with van der Waals surface area (Å²) >= 11 is 1.58. The molecule has 0 fully saturated rings. The number of hydrogen-bond donors (Lipinski definition) is 1. The SMILES string of the molecule is CCOC(CC)c1nc(-c2ccc(C(=O)O)cc2)cs1. The summed E-state index contributed by atoms with van der Waals surface area (Å²) in [4.78, 5) is 15.4. The lowest BCUT2D eigenvalue weighted by molar-refractivity contribution is 0.0597. The van der Waals surface area contributed by atoms with E-state index in [1.165, 1.54) is 0 Å². The van der Waals surface area contributed by atoms with Crippen molar-refractivity contribution in [2.24, 2.45) is 0 Å². The van der Waals surface area contributed by atoms with Crippen LogP contribution in [0.3, 0.4) is 0 Å². The van der Waals surface area contributed by atoms with Gasteiger partial charge in [0.25, 0.3) is 0 Å². The Morgan fingerprint density at radius 1 is 1.35 bits per heavy atom. The van der Waals surface area contributed by atoms with Crippen molar-refractivity contribution in [2.45, 2.75) is 26.4 Å². The van der Waals surface area contributed by atoms with E-state index in [1.807, 2.05) is 12.3 Å². The standard InChI is InChI=1S/C15H17NO3S/c1-3-13(19-4-2)14-16-12(9-20-14)10-5-7-11(8-6-10)15(17)18/h5-9,13H,3-4H2,1-2H3,(H,17,18). The number of benzene rings is 1. The van der Waals surface area contributed by atoms with Gasteiger partial charge in [-0.15, -0.1) is 11.3 Å². The lowest BCUT2D eigenvalue weighted by Crippen LogP contribution is -2.02. The van der Waals surface area contributed by atoms with Crippen LogP contribution in [-0.2, 0) is 4.74 Å². The summed E-state index contributed by atoms with van der Waals surface area (Å²) in [6.45, 7) is 4.71. The Morgan fingerprint density at radius 2 is 2.05 bits per heavy atom.